The zero-order valence-electron chi connectivity index (χ0n) is 19.0. The topological polar surface area (TPSA) is 109 Å². The molecule has 0 radical (unpaired) electrons. The monoisotopic (exact) mass is 457 g/mol. The van der Waals surface area contributed by atoms with E-state index >= 15 is 0 Å². The molecule has 2 aromatic heterocycles. The Morgan fingerprint density at radius 2 is 1.88 bits per heavy atom. The maximum absolute atomic E-state index is 12.5. The minimum absolute atomic E-state index is 0.0425. The number of nitrogens with zero attached hydrogens (tertiary/aromatic N) is 5. The van der Waals surface area contributed by atoms with Gasteiger partial charge in [-0.05, 0) is 24.5 Å². The van der Waals surface area contributed by atoms with Crippen LogP contribution < -0.4 is 5.32 Å². The number of ether oxygens (including phenoxy) is 1. The molecular formula is C25H27N7O2. The summed E-state index contributed by atoms with van der Waals surface area (Å²) in [4.78, 5) is 23.4. The predicted molar refractivity (Wildman–Crippen MR) is 129 cm³/mol. The number of aromatic nitrogens is 4. The SMILES string of the molecule is Cn1cc(-c2cccc(-c3ncc(/C(C=N)=C/NCC(=O)N4CC5CCC(C4)O5)cn3)c2)cn1. The first-order valence-corrected chi connectivity index (χ1v) is 11.4. The van der Waals surface area contributed by atoms with Gasteiger partial charge in [0.2, 0.25) is 5.91 Å². The van der Waals surface area contributed by atoms with E-state index in [1.54, 1.807) is 23.3 Å². The standard InChI is InChI=1S/C25H27N7O2/c1-31-14-21(12-30-31)17-3-2-4-18(7-17)25-28-10-20(11-29-25)19(8-26)9-27-13-24(33)32-15-22-5-6-23(16-32)34-22/h2-4,7-12,14,22-23,26-27H,5-6,13,15-16H2,1H3/b19-9+,26-8?. The Bertz CT molecular complexity index is 1210. The molecule has 5 rings (SSSR count). The molecule has 2 aliphatic rings. The summed E-state index contributed by atoms with van der Waals surface area (Å²) in [5, 5.41) is 15.1. The van der Waals surface area contributed by atoms with Crippen LogP contribution in [0.15, 0.2) is 55.3 Å². The van der Waals surface area contributed by atoms with E-state index in [1.165, 1.54) is 6.21 Å². The van der Waals surface area contributed by atoms with Crippen LogP contribution in [0.3, 0.4) is 0 Å². The number of hydrogen-bond acceptors (Lipinski definition) is 7. The van der Waals surface area contributed by atoms with E-state index in [2.05, 4.69) is 20.4 Å². The van der Waals surface area contributed by atoms with E-state index in [0.29, 0.717) is 30.1 Å². The summed E-state index contributed by atoms with van der Waals surface area (Å²) in [5.74, 6) is 0.643. The fourth-order valence-corrected chi connectivity index (χ4v) is 4.42. The number of rotatable bonds is 7. The normalized spacial score (nSPS) is 19.8. The third-order valence-corrected chi connectivity index (χ3v) is 6.21. The first-order valence-electron chi connectivity index (χ1n) is 11.4. The van der Waals surface area contributed by atoms with Crippen molar-refractivity contribution in [1.29, 1.82) is 5.41 Å². The molecule has 9 heteroatoms. The summed E-state index contributed by atoms with van der Waals surface area (Å²) < 4.78 is 7.56. The van der Waals surface area contributed by atoms with Gasteiger partial charge < -0.3 is 20.4 Å². The summed E-state index contributed by atoms with van der Waals surface area (Å²) in [6.45, 7) is 1.50. The van der Waals surface area contributed by atoms with Crippen molar-refractivity contribution in [3.05, 3.63) is 60.8 Å². The number of allylic oxidation sites excluding steroid dienone is 1. The van der Waals surface area contributed by atoms with Gasteiger partial charge in [0.05, 0.1) is 24.9 Å². The largest absolute Gasteiger partial charge is 0.382 e. The highest BCUT2D eigenvalue weighted by atomic mass is 16.5. The van der Waals surface area contributed by atoms with Crippen LogP contribution in [0, 0.1) is 5.41 Å². The van der Waals surface area contributed by atoms with Gasteiger partial charge in [-0.25, -0.2) is 9.97 Å². The van der Waals surface area contributed by atoms with Crippen molar-refractivity contribution < 1.29 is 9.53 Å². The average Bonchev–Trinajstić information content (AvgIpc) is 3.46. The Morgan fingerprint density at radius 3 is 2.56 bits per heavy atom. The van der Waals surface area contributed by atoms with E-state index in [0.717, 1.165) is 29.5 Å². The van der Waals surface area contributed by atoms with Crippen molar-refractivity contribution in [3.63, 3.8) is 0 Å². The number of aryl methyl sites for hydroxylation is 1. The Hall–Kier alpha value is -3.85. The van der Waals surface area contributed by atoms with Crippen molar-refractivity contribution in [2.45, 2.75) is 25.0 Å². The fourth-order valence-electron chi connectivity index (χ4n) is 4.42. The molecule has 1 amide bonds. The molecule has 9 nitrogen and oxygen atoms in total. The molecule has 2 aliphatic heterocycles. The van der Waals surface area contributed by atoms with Crippen LogP contribution in [-0.2, 0) is 16.6 Å². The van der Waals surface area contributed by atoms with Crippen molar-refractivity contribution in [1.82, 2.24) is 30.0 Å². The van der Waals surface area contributed by atoms with E-state index in [4.69, 9.17) is 10.1 Å². The molecule has 2 fully saturated rings. The molecule has 0 spiro atoms. The number of carbonyl (C=O) groups excluding carboxylic acids is 1. The summed E-state index contributed by atoms with van der Waals surface area (Å²) in [6.07, 6.45) is 12.5. The van der Waals surface area contributed by atoms with Gasteiger partial charge in [-0.15, -0.1) is 0 Å². The third-order valence-electron chi connectivity index (χ3n) is 6.21. The predicted octanol–water partition coefficient (Wildman–Crippen LogP) is 2.51. The lowest BCUT2D eigenvalue weighted by Gasteiger charge is -2.32. The first-order chi connectivity index (χ1) is 16.6. The van der Waals surface area contributed by atoms with E-state index < -0.39 is 0 Å². The van der Waals surface area contributed by atoms with Gasteiger partial charge in [0.15, 0.2) is 5.82 Å². The molecule has 2 bridgehead atoms. The van der Waals surface area contributed by atoms with Gasteiger partial charge in [0.25, 0.3) is 0 Å². The number of nitrogens with one attached hydrogen (secondary N) is 2. The number of fused-ring (bicyclic) bond motifs is 2. The quantitative estimate of drug-likeness (QED) is 0.528. The molecule has 0 aliphatic carbocycles. The Kier molecular flexibility index (Phi) is 6.18. The van der Waals surface area contributed by atoms with Crippen LogP contribution >= 0.6 is 0 Å². The van der Waals surface area contributed by atoms with Gasteiger partial charge >= 0.3 is 0 Å². The van der Waals surface area contributed by atoms with Gasteiger partial charge in [-0.3, -0.25) is 9.48 Å². The third kappa shape index (κ3) is 4.74. The Balaban J connectivity index is 1.23. The van der Waals surface area contributed by atoms with Crippen molar-refractivity contribution >= 4 is 17.7 Å². The molecule has 2 saturated heterocycles. The fraction of sp³-hybridized carbons (Fsp3) is 0.320. The van der Waals surface area contributed by atoms with E-state index in [1.807, 2.05) is 48.6 Å². The molecule has 34 heavy (non-hydrogen) atoms. The molecule has 3 aromatic rings. The van der Waals surface area contributed by atoms with Crippen LogP contribution in [-0.4, -0.2) is 68.6 Å². The number of amides is 1. The molecule has 2 unspecified atom stereocenters. The summed E-state index contributed by atoms with van der Waals surface area (Å²) in [7, 11) is 1.89. The van der Waals surface area contributed by atoms with Gasteiger partial charge in [0.1, 0.15) is 0 Å². The molecule has 2 atom stereocenters. The first kappa shape index (κ1) is 22.0. The molecule has 1 aromatic carbocycles. The van der Waals surface area contributed by atoms with Gasteiger partial charge in [-0.2, -0.15) is 5.10 Å². The van der Waals surface area contributed by atoms with Crippen molar-refractivity contribution in [2.75, 3.05) is 19.6 Å². The smallest absolute Gasteiger partial charge is 0.242 e. The molecular weight excluding hydrogens is 430 g/mol. The highest BCUT2D eigenvalue weighted by Crippen LogP contribution is 2.26. The minimum atomic E-state index is 0.0425. The Morgan fingerprint density at radius 1 is 1.15 bits per heavy atom. The van der Waals surface area contributed by atoms with Crippen LogP contribution in [0.1, 0.15) is 18.4 Å². The van der Waals surface area contributed by atoms with Crippen molar-refractivity contribution in [3.8, 4) is 22.5 Å². The lowest BCUT2D eigenvalue weighted by atomic mass is 10.1. The van der Waals surface area contributed by atoms with Crippen LogP contribution in [0.5, 0.6) is 0 Å². The van der Waals surface area contributed by atoms with E-state index in [9.17, 15) is 4.79 Å². The van der Waals surface area contributed by atoms with Crippen molar-refractivity contribution in [2.24, 2.45) is 7.05 Å². The maximum atomic E-state index is 12.5. The molecule has 2 N–H and O–H groups in total. The Labute approximate surface area is 198 Å². The zero-order valence-corrected chi connectivity index (χ0v) is 19.0. The zero-order chi connectivity index (χ0) is 23.5. The summed E-state index contributed by atoms with van der Waals surface area (Å²) >= 11 is 0. The highest BCUT2D eigenvalue weighted by Gasteiger charge is 2.35. The second-order valence-corrected chi connectivity index (χ2v) is 8.66. The summed E-state index contributed by atoms with van der Waals surface area (Å²) in [5.41, 5.74) is 4.27. The average molecular weight is 458 g/mol. The van der Waals surface area contributed by atoms with Gasteiger partial charge in [0, 0.05) is 73.4 Å². The molecule has 4 heterocycles. The lowest BCUT2D eigenvalue weighted by molar-refractivity contribution is -0.138. The van der Waals surface area contributed by atoms with E-state index in [-0.39, 0.29) is 24.7 Å². The summed E-state index contributed by atoms with van der Waals surface area (Å²) in [6, 6.07) is 8.00. The minimum Gasteiger partial charge on any atom is -0.382 e. The number of carbonyl (C=O) groups is 1. The number of morpholine rings is 1. The number of hydrogen-bond donors (Lipinski definition) is 2. The second-order valence-electron chi connectivity index (χ2n) is 8.66. The number of benzene rings is 1. The molecule has 0 saturated carbocycles. The van der Waals surface area contributed by atoms with Crippen LogP contribution in [0.25, 0.3) is 28.1 Å². The molecule has 174 valence electrons. The van der Waals surface area contributed by atoms with Crippen LogP contribution in [0.4, 0.5) is 0 Å². The van der Waals surface area contributed by atoms with Crippen LogP contribution in [0.2, 0.25) is 0 Å². The second kappa shape index (κ2) is 9.56. The number of likely N-dealkylation sites (tertiary alicyclic amines) is 1. The van der Waals surface area contributed by atoms with Gasteiger partial charge in [-0.1, -0.05) is 18.2 Å². The maximum Gasteiger partial charge on any atom is 0.242 e. The lowest BCUT2D eigenvalue weighted by Crippen LogP contribution is -2.48. The highest BCUT2D eigenvalue weighted by molar-refractivity contribution is 6.08.